The largest absolute Gasteiger partial charge is 0.355 e. The van der Waals surface area contributed by atoms with Gasteiger partial charge in [-0.05, 0) is 12.0 Å². The molecule has 0 fully saturated rings. The molecule has 138 valence electrons. The van der Waals surface area contributed by atoms with Crippen LogP contribution in [0.5, 0.6) is 0 Å². The average molecular weight is 379 g/mol. The number of carbonyl (C=O) groups excluding carboxylic acids is 1. The molecule has 27 heavy (non-hydrogen) atoms. The van der Waals surface area contributed by atoms with Crippen molar-refractivity contribution in [2.75, 3.05) is 12.0 Å². The minimum atomic E-state index is -0.320. The second kappa shape index (κ2) is 7.84. The van der Waals surface area contributed by atoms with Gasteiger partial charge in [-0.2, -0.15) is 0 Å². The lowest BCUT2D eigenvalue weighted by Gasteiger charge is -2.33. The molecular weight excluding hydrogens is 358 g/mol. The van der Waals surface area contributed by atoms with Gasteiger partial charge in [-0.15, -0.1) is 10.2 Å². The minimum absolute atomic E-state index is 0.0127. The Hall–Kier alpha value is -2.80. The van der Waals surface area contributed by atoms with E-state index in [0.717, 1.165) is 23.4 Å². The van der Waals surface area contributed by atoms with E-state index in [-0.39, 0.29) is 17.2 Å². The average Bonchev–Trinajstić information content (AvgIpc) is 3.15. The number of thioether (sulfide) groups is 1. The third-order valence-electron chi connectivity index (χ3n) is 4.43. The lowest BCUT2D eigenvalue weighted by atomic mass is 10.0. The molecule has 2 aromatic carbocycles. The first kappa shape index (κ1) is 17.6. The van der Waals surface area contributed by atoms with Crippen molar-refractivity contribution in [1.29, 1.82) is 0 Å². The molecule has 4 rings (SSSR count). The Morgan fingerprint density at radius 1 is 1.11 bits per heavy atom. The molecule has 0 saturated carbocycles. The maximum Gasteiger partial charge on any atom is 0.236 e. The summed E-state index contributed by atoms with van der Waals surface area (Å²) in [6.07, 6.45) is 0.904. The van der Waals surface area contributed by atoms with Crippen LogP contribution in [0.1, 0.15) is 24.9 Å². The highest BCUT2D eigenvalue weighted by molar-refractivity contribution is 8.00. The molecular formula is C20H21N5OS. The maximum atomic E-state index is 12.8. The molecule has 2 heterocycles. The predicted octanol–water partition coefficient (Wildman–Crippen LogP) is 3.23. The molecule has 0 aliphatic carbocycles. The fourth-order valence-electron chi connectivity index (χ4n) is 3.09. The van der Waals surface area contributed by atoms with Crippen LogP contribution < -0.4 is 10.7 Å². The molecule has 6 nitrogen and oxygen atoms in total. The molecule has 0 saturated heterocycles. The van der Waals surface area contributed by atoms with E-state index in [1.165, 1.54) is 11.8 Å². The lowest BCUT2D eigenvalue weighted by Crippen LogP contribution is -2.44. The van der Waals surface area contributed by atoms with E-state index in [0.29, 0.717) is 11.7 Å². The molecule has 1 aliphatic rings. The van der Waals surface area contributed by atoms with Gasteiger partial charge in [-0.25, -0.2) is 4.68 Å². The smallest absolute Gasteiger partial charge is 0.236 e. The van der Waals surface area contributed by atoms with Crippen LogP contribution in [-0.4, -0.2) is 32.6 Å². The van der Waals surface area contributed by atoms with Gasteiger partial charge in [0.25, 0.3) is 0 Å². The van der Waals surface area contributed by atoms with Crippen molar-refractivity contribution in [2.45, 2.75) is 29.8 Å². The minimum Gasteiger partial charge on any atom is -0.355 e. The van der Waals surface area contributed by atoms with E-state index in [2.05, 4.69) is 20.9 Å². The van der Waals surface area contributed by atoms with Crippen LogP contribution in [-0.2, 0) is 4.79 Å². The van der Waals surface area contributed by atoms with Crippen LogP contribution in [0.2, 0.25) is 0 Å². The van der Waals surface area contributed by atoms with Gasteiger partial charge < -0.3 is 10.7 Å². The first-order chi connectivity index (χ1) is 13.3. The van der Waals surface area contributed by atoms with E-state index < -0.39 is 0 Å². The van der Waals surface area contributed by atoms with Crippen molar-refractivity contribution in [3.63, 3.8) is 0 Å². The summed E-state index contributed by atoms with van der Waals surface area (Å²) in [5.74, 6) is 0.755. The van der Waals surface area contributed by atoms with E-state index in [1.54, 1.807) is 0 Å². The Morgan fingerprint density at radius 3 is 2.52 bits per heavy atom. The van der Waals surface area contributed by atoms with Gasteiger partial charge in [-0.1, -0.05) is 79.3 Å². The molecule has 0 bridgehead atoms. The standard InChI is InChI=1S/C20H21N5OS/c1-2-13-21-19(26)17-16(14-9-5-3-6-10-14)24-25-18(22-23-20(25)27-17)15-11-7-4-8-12-15/h3-12,16-17,24H,2,13H2,1H3,(H,21,26). The molecule has 2 N–H and O–H groups in total. The molecule has 1 aromatic heterocycles. The monoisotopic (exact) mass is 379 g/mol. The van der Waals surface area contributed by atoms with Gasteiger partial charge in [0.15, 0.2) is 5.82 Å². The summed E-state index contributed by atoms with van der Waals surface area (Å²) in [5.41, 5.74) is 5.51. The van der Waals surface area contributed by atoms with Crippen molar-refractivity contribution in [1.82, 2.24) is 20.2 Å². The second-order valence-corrected chi connectivity index (χ2v) is 7.46. The van der Waals surface area contributed by atoms with Gasteiger partial charge in [0.2, 0.25) is 11.1 Å². The number of nitrogens with one attached hydrogen (secondary N) is 2. The summed E-state index contributed by atoms with van der Waals surface area (Å²) < 4.78 is 1.89. The number of nitrogens with zero attached hydrogens (tertiary/aromatic N) is 3. The molecule has 1 aliphatic heterocycles. The van der Waals surface area contributed by atoms with Crippen LogP contribution in [0.3, 0.4) is 0 Å². The first-order valence-electron chi connectivity index (χ1n) is 9.04. The normalized spacial score (nSPS) is 18.4. The summed E-state index contributed by atoms with van der Waals surface area (Å²) in [5, 5.41) is 12.0. The highest BCUT2D eigenvalue weighted by Gasteiger charge is 2.37. The quantitative estimate of drug-likeness (QED) is 0.712. The number of hydrogen-bond donors (Lipinski definition) is 2. The zero-order valence-electron chi connectivity index (χ0n) is 15.0. The highest BCUT2D eigenvalue weighted by Crippen LogP contribution is 2.38. The van der Waals surface area contributed by atoms with Crippen LogP contribution >= 0.6 is 11.8 Å². The number of aromatic nitrogens is 3. The van der Waals surface area contributed by atoms with Gasteiger partial charge >= 0.3 is 0 Å². The number of hydrogen-bond acceptors (Lipinski definition) is 5. The fraction of sp³-hybridized carbons (Fsp3) is 0.250. The van der Waals surface area contributed by atoms with E-state index >= 15 is 0 Å². The van der Waals surface area contributed by atoms with Crippen LogP contribution in [0, 0.1) is 0 Å². The molecule has 1 amide bonds. The number of fused-ring (bicyclic) bond motifs is 1. The summed E-state index contributed by atoms with van der Waals surface area (Å²) in [6, 6.07) is 19.8. The lowest BCUT2D eigenvalue weighted by molar-refractivity contribution is -0.120. The number of carbonyl (C=O) groups is 1. The van der Waals surface area contributed by atoms with E-state index in [9.17, 15) is 4.79 Å². The molecule has 7 heteroatoms. The summed E-state index contributed by atoms with van der Waals surface area (Å²) in [7, 11) is 0. The predicted molar refractivity (Wildman–Crippen MR) is 107 cm³/mol. The fourth-order valence-corrected chi connectivity index (χ4v) is 4.19. The van der Waals surface area contributed by atoms with Gasteiger partial charge in [0.1, 0.15) is 5.25 Å². The Bertz CT molecular complexity index is 913. The Labute approximate surface area is 162 Å². The van der Waals surface area contributed by atoms with Gasteiger partial charge in [0.05, 0.1) is 6.04 Å². The van der Waals surface area contributed by atoms with Crippen molar-refractivity contribution >= 4 is 17.7 Å². The van der Waals surface area contributed by atoms with Gasteiger partial charge in [-0.3, -0.25) is 4.79 Å². The third kappa shape index (κ3) is 3.55. The van der Waals surface area contributed by atoms with Crippen molar-refractivity contribution in [3.8, 4) is 11.4 Å². The Balaban J connectivity index is 1.71. The number of benzene rings is 2. The Morgan fingerprint density at radius 2 is 1.81 bits per heavy atom. The zero-order chi connectivity index (χ0) is 18.6. The number of amides is 1. The van der Waals surface area contributed by atoms with Crippen LogP contribution in [0.25, 0.3) is 11.4 Å². The van der Waals surface area contributed by atoms with Crippen molar-refractivity contribution in [3.05, 3.63) is 66.2 Å². The molecule has 0 radical (unpaired) electrons. The van der Waals surface area contributed by atoms with E-state index in [1.807, 2.05) is 72.3 Å². The molecule has 3 aromatic rings. The third-order valence-corrected chi connectivity index (χ3v) is 5.65. The SMILES string of the molecule is CCCNC(=O)C1Sc2nnc(-c3ccccc3)n2NC1c1ccccc1. The van der Waals surface area contributed by atoms with Gasteiger partial charge in [0, 0.05) is 12.1 Å². The first-order valence-corrected chi connectivity index (χ1v) is 9.92. The van der Waals surface area contributed by atoms with Crippen molar-refractivity contribution < 1.29 is 4.79 Å². The molecule has 2 unspecified atom stereocenters. The zero-order valence-corrected chi connectivity index (χ0v) is 15.8. The summed E-state index contributed by atoms with van der Waals surface area (Å²) in [4.78, 5) is 12.8. The van der Waals surface area contributed by atoms with Crippen LogP contribution in [0.4, 0.5) is 0 Å². The van der Waals surface area contributed by atoms with Crippen LogP contribution in [0.15, 0.2) is 65.8 Å². The highest BCUT2D eigenvalue weighted by atomic mass is 32.2. The maximum absolute atomic E-state index is 12.8. The summed E-state index contributed by atoms with van der Waals surface area (Å²) >= 11 is 1.45. The number of rotatable bonds is 5. The Kier molecular flexibility index (Phi) is 5.11. The summed E-state index contributed by atoms with van der Waals surface area (Å²) in [6.45, 7) is 2.71. The molecule has 2 atom stereocenters. The molecule has 0 spiro atoms. The van der Waals surface area contributed by atoms with Crippen molar-refractivity contribution in [2.24, 2.45) is 0 Å². The topological polar surface area (TPSA) is 71.8 Å². The second-order valence-electron chi connectivity index (χ2n) is 6.35. The van der Waals surface area contributed by atoms with E-state index in [4.69, 9.17) is 0 Å².